The highest BCUT2D eigenvalue weighted by Crippen LogP contribution is 2.33. The number of hydrogen-bond donors (Lipinski definition) is 0. The molecule has 0 unspecified atom stereocenters. The van der Waals surface area contributed by atoms with Crippen molar-refractivity contribution in [2.24, 2.45) is 0 Å². The van der Waals surface area contributed by atoms with Gasteiger partial charge >= 0.3 is 0 Å². The van der Waals surface area contributed by atoms with E-state index < -0.39 is 25.5 Å². The molecule has 472 valence electrons. The van der Waals surface area contributed by atoms with Crippen molar-refractivity contribution in [3.63, 3.8) is 0 Å². The van der Waals surface area contributed by atoms with Crippen molar-refractivity contribution in [3.8, 4) is 68.2 Å². The fourth-order valence-electron chi connectivity index (χ4n) is 10.6. The minimum Gasteiger partial charge on any atom is -0.457 e. The van der Waals surface area contributed by atoms with E-state index in [0.29, 0.717) is 90.5 Å². The number of ether oxygens (including phenoxy) is 4. The number of benzene rings is 13. The molecule has 0 N–H and O–H groups in total. The molecular formula is C82H53FO12S2. The SMILES string of the molecule is O=C(c1ccc(F)cc1)c1ccc(-c2ccc(C(=O)c3ccc(Oc4ccc(S(=O)(=O)c5ccc(Oc6ccc(C(=O)c7ccc(-c8ccc(C(=O)c9ccc(Oc%10ccc(S(=O)(=O)c%11ccc(Oc%12ccccc%12)cc%11)cc%10)cc9)cc8)cc7)cc6)cc5)cc4)cc3)cc2)cc1. The van der Waals surface area contributed by atoms with Gasteiger partial charge in [0.15, 0.2) is 23.1 Å². The second-order valence-corrected chi connectivity index (χ2v) is 26.2. The lowest BCUT2D eigenvalue weighted by atomic mass is 9.97. The van der Waals surface area contributed by atoms with Crippen LogP contribution in [0.2, 0.25) is 0 Å². The first-order valence-electron chi connectivity index (χ1n) is 30.4. The maximum absolute atomic E-state index is 13.7. The largest absolute Gasteiger partial charge is 0.457 e. The summed E-state index contributed by atoms with van der Waals surface area (Å²) in [6.45, 7) is 0. The number of sulfone groups is 2. The van der Waals surface area contributed by atoms with Crippen LogP contribution < -0.4 is 18.9 Å². The lowest BCUT2D eigenvalue weighted by Gasteiger charge is -2.10. The van der Waals surface area contributed by atoms with Gasteiger partial charge in [0.25, 0.3) is 0 Å². The molecule has 0 aromatic heterocycles. The van der Waals surface area contributed by atoms with Gasteiger partial charge in [-0.1, -0.05) is 115 Å². The molecule has 0 atom stereocenters. The number of ketones is 4. The number of halogens is 1. The van der Waals surface area contributed by atoms with E-state index in [1.807, 2.05) is 78.9 Å². The van der Waals surface area contributed by atoms with Gasteiger partial charge in [-0.2, -0.15) is 0 Å². The highest BCUT2D eigenvalue weighted by Gasteiger charge is 2.21. The van der Waals surface area contributed by atoms with E-state index in [0.717, 1.165) is 22.3 Å². The number of rotatable bonds is 22. The molecular weight excluding hydrogens is 1260 g/mol. The van der Waals surface area contributed by atoms with Crippen LogP contribution in [0.4, 0.5) is 4.39 Å². The van der Waals surface area contributed by atoms with Crippen LogP contribution in [0.3, 0.4) is 0 Å². The fourth-order valence-corrected chi connectivity index (χ4v) is 13.1. The van der Waals surface area contributed by atoms with Crippen molar-refractivity contribution in [3.05, 3.63) is 372 Å². The Labute approximate surface area is 558 Å². The Balaban J connectivity index is 0.554. The summed E-state index contributed by atoms with van der Waals surface area (Å²) < 4.78 is 91.3. The molecule has 0 amide bonds. The molecule has 0 fully saturated rings. The van der Waals surface area contributed by atoms with Crippen LogP contribution in [-0.4, -0.2) is 40.0 Å². The van der Waals surface area contributed by atoms with Crippen LogP contribution in [0.1, 0.15) is 63.7 Å². The van der Waals surface area contributed by atoms with E-state index in [4.69, 9.17) is 18.9 Å². The zero-order valence-corrected chi connectivity index (χ0v) is 52.8. The highest BCUT2D eigenvalue weighted by molar-refractivity contribution is 7.91. The smallest absolute Gasteiger partial charge is 0.206 e. The summed E-state index contributed by atoms with van der Waals surface area (Å²) in [6.07, 6.45) is 0. The van der Waals surface area contributed by atoms with Gasteiger partial charge in [-0.05, 0) is 229 Å². The molecule has 0 bridgehead atoms. The number of carbonyl (C=O) groups is 4. The third-order valence-corrected chi connectivity index (χ3v) is 19.5. The quantitative estimate of drug-likeness (QED) is 0.0589. The molecule has 13 aromatic rings. The van der Waals surface area contributed by atoms with Gasteiger partial charge in [-0.15, -0.1) is 0 Å². The first kappa shape index (κ1) is 63.3. The molecule has 15 heteroatoms. The molecule has 0 spiro atoms. The van der Waals surface area contributed by atoms with Crippen molar-refractivity contribution in [1.29, 1.82) is 0 Å². The van der Waals surface area contributed by atoms with Crippen LogP contribution in [0.5, 0.6) is 46.0 Å². The first-order valence-corrected chi connectivity index (χ1v) is 33.4. The number of carbonyl (C=O) groups excluding carboxylic acids is 4. The third kappa shape index (κ3) is 14.5. The van der Waals surface area contributed by atoms with Gasteiger partial charge in [-0.3, -0.25) is 19.2 Å². The molecule has 0 heterocycles. The van der Waals surface area contributed by atoms with E-state index in [1.165, 1.54) is 72.8 Å². The normalized spacial score (nSPS) is 11.3. The van der Waals surface area contributed by atoms with Gasteiger partial charge < -0.3 is 18.9 Å². The Kier molecular flexibility index (Phi) is 18.0. The van der Waals surface area contributed by atoms with Gasteiger partial charge in [0.1, 0.15) is 51.8 Å². The second-order valence-electron chi connectivity index (χ2n) is 22.3. The third-order valence-electron chi connectivity index (χ3n) is 15.9. The van der Waals surface area contributed by atoms with Crippen LogP contribution in [0, 0.1) is 5.82 Å². The maximum Gasteiger partial charge on any atom is 0.206 e. The van der Waals surface area contributed by atoms with Crippen LogP contribution in [0.25, 0.3) is 22.3 Å². The Hall–Kier alpha value is -12.4. The molecule has 13 aromatic carbocycles. The zero-order chi connectivity index (χ0) is 67.0. The van der Waals surface area contributed by atoms with Gasteiger partial charge in [0.05, 0.1) is 19.6 Å². The summed E-state index contributed by atoms with van der Waals surface area (Å²) in [5.41, 5.74) is 7.03. The Morgan fingerprint density at radius 2 is 0.371 bits per heavy atom. The monoisotopic (exact) mass is 1310 g/mol. The van der Waals surface area contributed by atoms with E-state index in [-0.39, 0.29) is 42.7 Å². The molecule has 0 aliphatic rings. The van der Waals surface area contributed by atoms with E-state index in [1.54, 1.807) is 170 Å². The molecule has 97 heavy (non-hydrogen) atoms. The number of hydrogen-bond acceptors (Lipinski definition) is 12. The van der Waals surface area contributed by atoms with E-state index >= 15 is 0 Å². The Morgan fingerprint density at radius 3 is 0.577 bits per heavy atom. The average molecular weight is 1310 g/mol. The standard InChI is InChI=1S/C82H53FO12S2/c83-66-30-22-62(23-31-66)79(84)58-14-6-54(7-15-58)55-8-16-59(17-9-55)80(85)63-24-34-69(35-25-63)94-73-42-50-77(51-43-73)97(90,91)78-52-44-74(45-53-78)95-70-36-28-65(29-37-70)82(87)61-20-12-57(13-21-61)56-10-18-60(19-11-56)81(86)64-26-32-68(33-27-64)93-72-40-48-76(49-41-72)96(88,89)75-46-38-71(39-47-75)92-67-4-2-1-3-5-67/h1-53H. The van der Waals surface area contributed by atoms with Crippen molar-refractivity contribution < 1.29 is 59.4 Å². The van der Waals surface area contributed by atoms with Gasteiger partial charge in [0.2, 0.25) is 19.7 Å². The first-order chi connectivity index (χ1) is 47.1. The van der Waals surface area contributed by atoms with Gasteiger partial charge in [-0.25, -0.2) is 21.2 Å². The fraction of sp³-hybridized carbons (Fsp3) is 0. The second kappa shape index (κ2) is 27.6. The zero-order valence-electron chi connectivity index (χ0n) is 51.2. The predicted molar refractivity (Wildman–Crippen MR) is 367 cm³/mol. The minimum absolute atomic E-state index is 0.0516. The molecule has 0 saturated heterocycles. The number of para-hydroxylation sites is 1. The molecule has 12 nitrogen and oxygen atoms in total. The summed E-state index contributed by atoms with van der Waals surface area (Å²) in [6, 6.07) is 87.5. The van der Waals surface area contributed by atoms with E-state index in [2.05, 4.69) is 0 Å². The van der Waals surface area contributed by atoms with Gasteiger partial charge in [0, 0.05) is 44.5 Å². The summed E-state index contributed by atoms with van der Waals surface area (Å²) in [5.74, 6) is 2.47. The Morgan fingerprint density at radius 1 is 0.206 bits per heavy atom. The average Bonchev–Trinajstić information content (AvgIpc) is 0.891. The minimum atomic E-state index is -3.93. The van der Waals surface area contributed by atoms with E-state index in [9.17, 15) is 40.4 Å². The lowest BCUT2D eigenvalue weighted by Crippen LogP contribution is -2.02. The van der Waals surface area contributed by atoms with Crippen LogP contribution in [-0.2, 0) is 19.7 Å². The lowest BCUT2D eigenvalue weighted by molar-refractivity contribution is 0.103. The Bertz CT molecular complexity index is 5250. The van der Waals surface area contributed by atoms with Crippen LogP contribution in [0.15, 0.2) is 341 Å². The topological polar surface area (TPSA) is 173 Å². The molecule has 0 radical (unpaired) electrons. The van der Waals surface area contributed by atoms with Crippen molar-refractivity contribution in [1.82, 2.24) is 0 Å². The molecule has 0 aliphatic heterocycles. The van der Waals surface area contributed by atoms with Crippen molar-refractivity contribution >= 4 is 42.8 Å². The summed E-state index contributed by atoms with van der Waals surface area (Å²) in [4.78, 5) is 53.7. The summed E-state index contributed by atoms with van der Waals surface area (Å²) in [7, 11) is -7.73. The summed E-state index contributed by atoms with van der Waals surface area (Å²) >= 11 is 0. The predicted octanol–water partition coefficient (Wildman–Crippen LogP) is 18.9. The molecule has 13 rings (SSSR count). The summed E-state index contributed by atoms with van der Waals surface area (Å²) in [5, 5.41) is 0. The van der Waals surface area contributed by atoms with Crippen molar-refractivity contribution in [2.45, 2.75) is 19.6 Å². The maximum atomic E-state index is 13.7. The molecule has 0 saturated carbocycles. The van der Waals surface area contributed by atoms with Crippen molar-refractivity contribution in [2.75, 3.05) is 0 Å². The van der Waals surface area contributed by atoms with Crippen LogP contribution >= 0.6 is 0 Å². The molecule has 0 aliphatic carbocycles. The highest BCUT2D eigenvalue weighted by atomic mass is 32.2.